The lowest BCUT2D eigenvalue weighted by Gasteiger charge is -2.11. The summed E-state index contributed by atoms with van der Waals surface area (Å²) in [6, 6.07) is 24.3. The number of carbonyl (C=O) groups is 2. The molecule has 3 aromatic carbocycles. The maximum atomic E-state index is 12.7. The van der Waals surface area contributed by atoms with Crippen molar-refractivity contribution in [3.63, 3.8) is 0 Å². The Labute approximate surface area is 201 Å². The Morgan fingerprint density at radius 3 is 2.41 bits per heavy atom. The molecule has 1 heterocycles. The number of aromatic nitrogens is 3. The molecule has 172 valence electrons. The summed E-state index contributed by atoms with van der Waals surface area (Å²) in [7, 11) is 0. The zero-order valence-corrected chi connectivity index (χ0v) is 19.4. The predicted octanol–water partition coefficient (Wildman–Crippen LogP) is 3.63. The molecule has 4 aromatic rings. The molecule has 0 saturated heterocycles. The molecule has 0 atom stereocenters. The monoisotopic (exact) mass is 472 g/mol. The Kier molecular flexibility index (Phi) is 7.24. The molecule has 4 N–H and O–H groups in total. The molecule has 8 nitrogen and oxygen atoms in total. The summed E-state index contributed by atoms with van der Waals surface area (Å²) < 4.78 is 1.37. The largest absolute Gasteiger partial charge is 0.348 e. The van der Waals surface area contributed by atoms with Gasteiger partial charge in [0.15, 0.2) is 5.82 Å². The van der Waals surface area contributed by atoms with E-state index in [4.69, 9.17) is 5.84 Å². The summed E-state index contributed by atoms with van der Waals surface area (Å²) in [5.74, 6) is 6.17. The molecule has 9 heteroatoms. The maximum Gasteiger partial charge on any atom is 0.253 e. The first-order valence-corrected chi connectivity index (χ1v) is 11.6. The van der Waals surface area contributed by atoms with Crippen molar-refractivity contribution < 1.29 is 9.59 Å². The van der Waals surface area contributed by atoms with Gasteiger partial charge in [0.05, 0.1) is 17.0 Å². The number of nitrogens with two attached hydrogens (primary N) is 1. The lowest BCUT2D eigenvalue weighted by molar-refractivity contribution is -0.113. The van der Waals surface area contributed by atoms with Gasteiger partial charge in [-0.3, -0.25) is 9.59 Å². The number of thioether (sulfide) groups is 1. The molecule has 0 saturated carbocycles. The van der Waals surface area contributed by atoms with Crippen LogP contribution in [0.1, 0.15) is 21.5 Å². The number of aryl methyl sites for hydroxylation is 1. The van der Waals surface area contributed by atoms with Crippen molar-refractivity contribution in [2.24, 2.45) is 0 Å². The van der Waals surface area contributed by atoms with Crippen LogP contribution >= 0.6 is 11.8 Å². The molecule has 0 radical (unpaired) electrons. The second-order valence-corrected chi connectivity index (χ2v) is 8.54. The van der Waals surface area contributed by atoms with Crippen molar-refractivity contribution in [1.82, 2.24) is 20.2 Å². The van der Waals surface area contributed by atoms with Crippen LogP contribution in [0.2, 0.25) is 0 Å². The van der Waals surface area contributed by atoms with Gasteiger partial charge in [-0.25, -0.2) is 4.68 Å². The number of amides is 2. The molecule has 0 spiro atoms. The Bertz CT molecular complexity index is 1290. The number of para-hydroxylation sites is 1. The van der Waals surface area contributed by atoms with Gasteiger partial charge in [0.2, 0.25) is 11.1 Å². The number of carbonyl (C=O) groups excluding carboxylic acids is 2. The van der Waals surface area contributed by atoms with E-state index in [0.717, 1.165) is 16.7 Å². The summed E-state index contributed by atoms with van der Waals surface area (Å²) in [5.41, 5.74) is 3.79. The second-order valence-electron chi connectivity index (χ2n) is 7.59. The molecule has 4 rings (SSSR count). The average molecular weight is 473 g/mol. The SMILES string of the molecule is Cc1ccc(-c2nnc(SCC(=O)Nc3ccccc3C(=O)NCc3ccccc3)n2N)cc1. The van der Waals surface area contributed by atoms with Gasteiger partial charge in [-0.15, -0.1) is 10.2 Å². The third-order valence-electron chi connectivity index (χ3n) is 5.05. The Balaban J connectivity index is 1.37. The molecule has 0 aliphatic carbocycles. The van der Waals surface area contributed by atoms with E-state index in [1.807, 2.05) is 61.5 Å². The maximum absolute atomic E-state index is 12.7. The van der Waals surface area contributed by atoms with Gasteiger partial charge in [-0.1, -0.05) is 84.1 Å². The number of benzene rings is 3. The van der Waals surface area contributed by atoms with E-state index >= 15 is 0 Å². The summed E-state index contributed by atoms with van der Waals surface area (Å²) in [4.78, 5) is 25.3. The minimum atomic E-state index is -0.284. The lowest BCUT2D eigenvalue weighted by Crippen LogP contribution is -2.25. The van der Waals surface area contributed by atoms with Crippen LogP contribution in [0.3, 0.4) is 0 Å². The number of nitrogens with zero attached hydrogens (tertiary/aromatic N) is 3. The summed E-state index contributed by atoms with van der Waals surface area (Å²) in [6.45, 7) is 2.40. The van der Waals surface area contributed by atoms with Crippen LogP contribution in [0.15, 0.2) is 84.0 Å². The van der Waals surface area contributed by atoms with Crippen LogP contribution in [-0.2, 0) is 11.3 Å². The van der Waals surface area contributed by atoms with Crippen molar-refractivity contribution in [3.8, 4) is 11.4 Å². The second kappa shape index (κ2) is 10.7. The highest BCUT2D eigenvalue weighted by molar-refractivity contribution is 7.99. The van der Waals surface area contributed by atoms with Crippen LogP contribution in [0.5, 0.6) is 0 Å². The molecule has 2 amide bonds. The van der Waals surface area contributed by atoms with Gasteiger partial charge in [0, 0.05) is 12.1 Å². The number of hydrogen-bond acceptors (Lipinski definition) is 6. The molecular formula is C25H24N6O2S. The van der Waals surface area contributed by atoms with Crippen LogP contribution in [0.4, 0.5) is 5.69 Å². The molecule has 1 aromatic heterocycles. The first kappa shape index (κ1) is 23.1. The highest BCUT2D eigenvalue weighted by Gasteiger charge is 2.16. The van der Waals surface area contributed by atoms with Crippen molar-refractivity contribution in [2.45, 2.75) is 18.6 Å². The van der Waals surface area contributed by atoms with Crippen molar-refractivity contribution >= 4 is 29.3 Å². The van der Waals surface area contributed by atoms with Crippen molar-refractivity contribution in [3.05, 3.63) is 95.6 Å². The van der Waals surface area contributed by atoms with Gasteiger partial charge in [0.1, 0.15) is 0 Å². The number of hydrogen-bond donors (Lipinski definition) is 3. The fourth-order valence-electron chi connectivity index (χ4n) is 3.25. The molecule has 0 aliphatic heterocycles. The predicted molar refractivity (Wildman–Crippen MR) is 134 cm³/mol. The fraction of sp³-hybridized carbons (Fsp3) is 0.120. The molecule has 0 aliphatic rings. The number of nitrogens with one attached hydrogen (secondary N) is 2. The third kappa shape index (κ3) is 5.62. The molecule has 0 unspecified atom stereocenters. The van der Waals surface area contributed by atoms with E-state index < -0.39 is 0 Å². The Morgan fingerprint density at radius 1 is 0.941 bits per heavy atom. The standard InChI is InChI=1S/C25H24N6O2S/c1-17-11-13-19(14-12-17)23-29-30-25(31(23)26)34-16-22(32)28-21-10-6-5-9-20(21)24(33)27-15-18-7-3-2-4-8-18/h2-14H,15-16,26H2,1H3,(H,27,33)(H,28,32). The van der Waals surface area contributed by atoms with E-state index in [1.165, 1.54) is 16.4 Å². The highest BCUT2D eigenvalue weighted by Crippen LogP contribution is 2.22. The summed E-state index contributed by atoms with van der Waals surface area (Å²) >= 11 is 1.17. The molecular weight excluding hydrogens is 448 g/mol. The van der Waals surface area contributed by atoms with E-state index in [2.05, 4.69) is 20.8 Å². The molecule has 34 heavy (non-hydrogen) atoms. The zero-order chi connectivity index (χ0) is 23.9. The topological polar surface area (TPSA) is 115 Å². The minimum absolute atomic E-state index is 0.0587. The molecule has 0 fully saturated rings. The summed E-state index contributed by atoms with van der Waals surface area (Å²) in [5, 5.41) is 14.3. The van der Waals surface area contributed by atoms with E-state index in [9.17, 15) is 9.59 Å². The smallest absolute Gasteiger partial charge is 0.253 e. The molecule has 0 bridgehead atoms. The quantitative estimate of drug-likeness (QED) is 0.266. The van der Waals surface area contributed by atoms with Crippen molar-refractivity contribution in [2.75, 3.05) is 16.9 Å². The van der Waals surface area contributed by atoms with Crippen LogP contribution in [-0.4, -0.2) is 32.4 Å². The normalized spacial score (nSPS) is 10.6. The van der Waals surface area contributed by atoms with Crippen LogP contribution < -0.4 is 16.5 Å². The highest BCUT2D eigenvalue weighted by atomic mass is 32.2. The van der Waals surface area contributed by atoms with Crippen LogP contribution in [0.25, 0.3) is 11.4 Å². The van der Waals surface area contributed by atoms with Gasteiger partial charge in [-0.05, 0) is 24.6 Å². The van der Waals surface area contributed by atoms with E-state index in [1.54, 1.807) is 24.3 Å². The van der Waals surface area contributed by atoms with Crippen LogP contribution in [0, 0.1) is 6.92 Å². The van der Waals surface area contributed by atoms with Gasteiger partial charge < -0.3 is 16.5 Å². The fourth-order valence-corrected chi connectivity index (χ4v) is 3.91. The first-order valence-electron chi connectivity index (χ1n) is 10.6. The zero-order valence-electron chi connectivity index (χ0n) is 18.6. The third-order valence-corrected chi connectivity index (χ3v) is 5.99. The van der Waals surface area contributed by atoms with Gasteiger partial charge in [-0.2, -0.15) is 0 Å². The van der Waals surface area contributed by atoms with E-state index in [-0.39, 0.29) is 17.6 Å². The van der Waals surface area contributed by atoms with E-state index in [0.29, 0.717) is 28.8 Å². The van der Waals surface area contributed by atoms with Crippen molar-refractivity contribution in [1.29, 1.82) is 0 Å². The first-order chi connectivity index (χ1) is 16.5. The Hall–Kier alpha value is -4.11. The minimum Gasteiger partial charge on any atom is -0.348 e. The number of anilines is 1. The lowest BCUT2D eigenvalue weighted by atomic mass is 10.1. The Morgan fingerprint density at radius 2 is 1.65 bits per heavy atom. The number of rotatable bonds is 8. The summed E-state index contributed by atoms with van der Waals surface area (Å²) in [6.07, 6.45) is 0. The van der Waals surface area contributed by atoms with Gasteiger partial charge >= 0.3 is 0 Å². The van der Waals surface area contributed by atoms with Gasteiger partial charge in [0.25, 0.3) is 5.91 Å². The average Bonchev–Trinajstić information content (AvgIpc) is 3.23. The number of nitrogen functional groups attached to an aromatic ring is 1.